The van der Waals surface area contributed by atoms with Crippen LogP contribution in [0.25, 0.3) is 16.2 Å². The molecule has 0 radical (unpaired) electrons. The number of nitrogens with one attached hydrogen (secondary N) is 1. The van der Waals surface area contributed by atoms with Gasteiger partial charge in [-0.1, -0.05) is 0 Å². The van der Waals surface area contributed by atoms with Crippen LogP contribution in [0.4, 0.5) is 0 Å². The molecule has 0 spiro atoms. The van der Waals surface area contributed by atoms with Crippen LogP contribution >= 0.6 is 11.3 Å². The monoisotopic (exact) mass is 231 g/mol. The summed E-state index contributed by atoms with van der Waals surface area (Å²) in [4.78, 5) is 18.4. The van der Waals surface area contributed by atoms with E-state index < -0.39 is 0 Å². The van der Waals surface area contributed by atoms with Crippen LogP contribution in [0.5, 0.6) is 0 Å². The first-order valence-electron chi connectivity index (χ1n) is 4.88. The number of H-pyrrole nitrogens is 1. The highest BCUT2D eigenvalue weighted by Crippen LogP contribution is 2.25. The third-order valence-corrected chi connectivity index (χ3v) is 3.40. The maximum absolute atomic E-state index is 11.7. The van der Waals surface area contributed by atoms with Crippen molar-refractivity contribution in [3.05, 3.63) is 45.7 Å². The number of hydrogen-bond acceptors (Lipinski definition) is 3. The highest BCUT2D eigenvalue weighted by Gasteiger charge is 2.06. The molecule has 0 amide bonds. The van der Waals surface area contributed by atoms with Crippen LogP contribution in [0.3, 0.4) is 0 Å². The first-order valence-corrected chi connectivity index (χ1v) is 5.70. The zero-order valence-electron chi connectivity index (χ0n) is 8.60. The molecule has 0 aliphatic carbocycles. The van der Waals surface area contributed by atoms with Gasteiger partial charge in [-0.2, -0.15) is 0 Å². The molecule has 3 rings (SSSR count). The second kappa shape index (κ2) is 3.31. The van der Waals surface area contributed by atoms with Crippen LogP contribution < -0.4 is 5.56 Å². The van der Waals surface area contributed by atoms with E-state index in [1.54, 1.807) is 29.7 Å². The van der Waals surface area contributed by atoms with Gasteiger partial charge in [0.1, 0.15) is 0 Å². The van der Waals surface area contributed by atoms with Crippen LogP contribution in [0.1, 0.15) is 4.88 Å². The van der Waals surface area contributed by atoms with Gasteiger partial charge in [0.05, 0.1) is 10.6 Å². The summed E-state index contributed by atoms with van der Waals surface area (Å²) < 4.78 is 1.42. The first-order chi connectivity index (χ1) is 7.74. The minimum absolute atomic E-state index is 0.0870. The molecule has 0 aromatic carbocycles. The van der Waals surface area contributed by atoms with Gasteiger partial charge in [-0.15, -0.1) is 11.3 Å². The van der Waals surface area contributed by atoms with Crippen molar-refractivity contribution in [1.82, 2.24) is 14.6 Å². The third-order valence-electron chi connectivity index (χ3n) is 2.37. The summed E-state index contributed by atoms with van der Waals surface area (Å²) in [6, 6.07) is 7.35. The molecule has 0 aliphatic heterocycles. The van der Waals surface area contributed by atoms with Crippen molar-refractivity contribution in [2.24, 2.45) is 0 Å². The number of thiophene rings is 1. The highest BCUT2D eigenvalue weighted by molar-refractivity contribution is 7.15. The standard InChI is InChI=1S/C11H9N3OS/c1-7-2-3-9(16-7)8-6-11(15)14-10(13-8)4-5-12-14/h2-6,12H,1H3. The Kier molecular flexibility index (Phi) is 1.94. The minimum atomic E-state index is -0.0870. The Bertz CT molecular complexity index is 707. The lowest BCUT2D eigenvalue weighted by Gasteiger charge is -1.97. The normalized spacial score (nSPS) is 11.1. The zero-order valence-corrected chi connectivity index (χ0v) is 9.41. The predicted molar refractivity (Wildman–Crippen MR) is 63.9 cm³/mol. The summed E-state index contributed by atoms with van der Waals surface area (Å²) in [5.41, 5.74) is 1.30. The average molecular weight is 231 g/mol. The van der Waals surface area contributed by atoms with E-state index in [1.165, 1.54) is 9.39 Å². The van der Waals surface area contributed by atoms with Crippen LogP contribution in [0, 0.1) is 6.92 Å². The molecule has 1 N–H and O–H groups in total. The Morgan fingerprint density at radius 1 is 1.38 bits per heavy atom. The van der Waals surface area contributed by atoms with Crippen molar-refractivity contribution in [2.45, 2.75) is 6.92 Å². The number of aromatic amines is 1. The van der Waals surface area contributed by atoms with Crippen LogP contribution in [0.2, 0.25) is 0 Å². The van der Waals surface area contributed by atoms with E-state index >= 15 is 0 Å². The second-order valence-corrected chi connectivity index (χ2v) is 4.83. The lowest BCUT2D eigenvalue weighted by Crippen LogP contribution is -2.13. The molecule has 5 heteroatoms. The van der Waals surface area contributed by atoms with Crippen molar-refractivity contribution in [3.8, 4) is 10.6 Å². The molecular weight excluding hydrogens is 222 g/mol. The highest BCUT2D eigenvalue weighted by atomic mass is 32.1. The zero-order chi connectivity index (χ0) is 11.1. The van der Waals surface area contributed by atoms with E-state index in [1.807, 2.05) is 19.1 Å². The first kappa shape index (κ1) is 9.35. The number of fused-ring (bicyclic) bond motifs is 1. The second-order valence-electron chi connectivity index (χ2n) is 3.55. The molecule has 0 saturated carbocycles. The van der Waals surface area contributed by atoms with Gasteiger partial charge >= 0.3 is 0 Å². The van der Waals surface area contributed by atoms with Crippen molar-refractivity contribution < 1.29 is 0 Å². The maximum Gasteiger partial charge on any atom is 0.273 e. The fourth-order valence-electron chi connectivity index (χ4n) is 1.63. The summed E-state index contributed by atoms with van der Waals surface area (Å²) in [5.74, 6) is 0. The Labute approximate surface area is 95.2 Å². The Morgan fingerprint density at radius 2 is 2.25 bits per heavy atom. The van der Waals surface area contributed by atoms with E-state index in [-0.39, 0.29) is 5.56 Å². The topological polar surface area (TPSA) is 50.2 Å². The summed E-state index contributed by atoms with van der Waals surface area (Å²) in [6.07, 6.45) is 1.70. The van der Waals surface area contributed by atoms with E-state index in [0.29, 0.717) is 5.65 Å². The van der Waals surface area contributed by atoms with E-state index in [9.17, 15) is 4.79 Å². The minimum Gasteiger partial charge on any atom is -0.297 e. The van der Waals surface area contributed by atoms with Gasteiger partial charge in [-0.3, -0.25) is 9.89 Å². The number of nitrogens with zero attached hydrogens (tertiary/aromatic N) is 2. The maximum atomic E-state index is 11.7. The molecule has 0 aliphatic rings. The average Bonchev–Trinajstić information content (AvgIpc) is 2.85. The van der Waals surface area contributed by atoms with Crippen molar-refractivity contribution in [1.29, 1.82) is 0 Å². The summed E-state index contributed by atoms with van der Waals surface area (Å²) in [5, 5.41) is 2.82. The molecule has 3 aromatic heterocycles. The molecule has 0 fully saturated rings. The van der Waals surface area contributed by atoms with Gasteiger partial charge in [-0.05, 0) is 19.1 Å². The number of rotatable bonds is 1. The van der Waals surface area contributed by atoms with Crippen molar-refractivity contribution in [3.63, 3.8) is 0 Å². The van der Waals surface area contributed by atoms with Crippen LogP contribution in [-0.2, 0) is 0 Å². The van der Waals surface area contributed by atoms with Crippen molar-refractivity contribution >= 4 is 17.0 Å². The van der Waals surface area contributed by atoms with Gasteiger partial charge in [-0.25, -0.2) is 9.50 Å². The lowest BCUT2D eigenvalue weighted by molar-refractivity contribution is 0.901. The Balaban J connectivity index is 2.28. The Morgan fingerprint density at radius 3 is 3.00 bits per heavy atom. The third kappa shape index (κ3) is 1.37. The molecule has 4 nitrogen and oxygen atoms in total. The van der Waals surface area contributed by atoms with Gasteiger partial charge < -0.3 is 0 Å². The largest absolute Gasteiger partial charge is 0.297 e. The Hall–Kier alpha value is -1.88. The van der Waals surface area contributed by atoms with Crippen LogP contribution in [-0.4, -0.2) is 14.6 Å². The van der Waals surface area contributed by atoms with Gasteiger partial charge in [0.2, 0.25) is 0 Å². The molecular formula is C11H9N3OS. The smallest absolute Gasteiger partial charge is 0.273 e. The summed E-state index contributed by atoms with van der Waals surface area (Å²) in [7, 11) is 0. The molecule has 0 atom stereocenters. The molecule has 16 heavy (non-hydrogen) atoms. The molecule has 0 unspecified atom stereocenters. The number of aryl methyl sites for hydroxylation is 1. The fraction of sp³-hybridized carbons (Fsp3) is 0.0909. The predicted octanol–water partition coefficient (Wildman–Crippen LogP) is 2.06. The number of aromatic nitrogens is 3. The van der Waals surface area contributed by atoms with Gasteiger partial charge in [0.25, 0.3) is 5.56 Å². The van der Waals surface area contributed by atoms with Gasteiger partial charge in [0.15, 0.2) is 5.65 Å². The molecule has 3 aromatic rings. The summed E-state index contributed by atoms with van der Waals surface area (Å²) in [6.45, 7) is 2.04. The SMILES string of the molecule is Cc1ccc(-c2cc(=O)n3[nH]ccc3n2)s1. The molecule has 0 saturated heterocycles. The lowest BCUT2D eigenvalue weighted by atomic mass is 10.3. The van der Waals surface area contributed by atoms with Crippen molar-refractivity contribution in [2.75, 3.05) is 0 Å². The van der Waals surface area contributed by atoms with E-state index in [2.05, 4.69) is 10.1 Å². The van der Waals surface area contributed by atoms with E-state index in [0.717, 1.165) is 10.6 Å². The fourth-order valence-corrected chi connectivity index (χ4v) is 2.45. The van der Waals surface area contributed by atoms with E-state index in [4.69, 9.17) is 0 Å². The molecule has 3 heterocycles. The number of hydrogen-bond donors (Lipinski definition) is 1. The summed E-state index contributed by atoms with van der Waals surface area (Å²) >= 11 is 1.64. The van der Waals surface area contributed by atoms with Gasteiger partial charge in [0, 0.05) is 23.2 Å². The molecule has 0 bridgehead atoms. The molecule has 80 valence electrons. The quantitative estimate of drug-likeness (QED) is 0.697. The van der Waals surface area contributed by atoms with Crippen LogP contribution in [0.15, 0.2) is 35.3 Å².